The van der Waals surface area contributed by atoms with Crippen LogP contribution < -0.4 is 5.56 Å². The van der Waals surface area contributed by atoms with Gasteiger partial charge in [-0.15, -0.1) is 21.5 Å². The maximum Gasteiger partial charge on any atom is 0.264 e. The first-order chi connectivity index (χ1) is 17.3. The van der Waals surface area contributed by atoms with E-state index in [0.717, 1.165) is 36.9 Å². The maximum absolute atomic E-state index is 14.0. The van der Waals surface area contributed by atoms with Crippen molar-refractivity contribution < 1.29 is 4.74 Å². The number of fused-ring (bicyclic) bond motifs is 5. The minimum absolute atomic E-state index is 0.0370. The molecule has 10 heteroatoms. The normalized spacial score (nSPS) is 15.0. The van der Waals surface area contributed by atoms with Gasteiger partial charge in [0, 0.05) is 17.1 Å². The van der Waals surface area contributed by atoms with Gasteiger partial charge in [0.1, 0.15) is 4.83 Å². The van der Waals surface area contributed by atoms with E-state index in [0.29, 0.717) is 41.1 Å². The number of nitrogens with zero attached hydrogens (tertiary/aromatic N) is 4. The Morgan fingerprint density at radius 2 is 1.89 bits per heavy atom. The second kappa shape index (κ2) is 9.19. The van der Waals surface area contributed by atoms with E-state index < -0.39 is 0 Å². The van der Waals surface area contributed by atoms with Gasteiger partial charge < -0.3 is 4.74 Å². The molecular formula is C26H22Cl2N4O2S2. The second-order valence-corrected chi connectivity index (χ2v) is 12.3. The number of thiophene rings is 1. The summed E-state index contributed by atoms with van der Waals surface area (Å²) in [7, 11) is 0. The molecule has 2 aromatic carbocycles. The van der Waals surface area contributed by atoms with Gasteiger partial charge in [-0.3, -0.25) is 9.36 Å². The van der Waals surface area contributed by atoms with E-state index in [1.807, 2.05) is 46.9 Å². The second-order valence-electron chi connectivity index (χ2n) is 9.44. The van der Waals surface area contributed by atoms with Crippen LogP contribution in [0.5, 0.6) is 0 Å². The average molecular weight is 558 g/mol. The molecule has 184 valence electrons. The van der Waals surface area contributed by atoms with Crippen LogP contribution in [0.4, 0.5) is 0 Å². The molecule has 0 saturated carbocycles. The zero-order chi connectivity index (χ0) is 25.0. The molecule has 6 rings (SSSR count). The maximum atomic E-state index is 14.0. The van der Waals surface area contributed by atoms with E-state index >= 15 is 0 Å². The van der Waals surface area contributed by atoms with E-state index in [4.69, 9.17) is 27.9 Å². The van der Waals surface area contributed by atoms with Crippen LogP contribution in [0.2, 0.25) is 10.0 Å². The lowest BCUT2D eigenvalue weighted by Gasteiger charge is -2.29. The zero-order valence-corrected chi connectivity index (χ0v) is 22.8. The molecule has 0 atom stereocenters. The zero-order valence-electron chi connectivity index (χ0n) is 19.6. The Balaban J connectivity index is 1.53. The van der Waals surface area contributed by atoms with Gasteiger partial charge in [0.05, 0.1) is 34.2 Å². The van der Waals surface area contributed by atoms with Gasteiger partial charge in [0.15, 0.2) is 5.16 Å². The largest absolute Gasteiger partial charge is 0.370 e. The van der Waals surface area contributed by atoms with Crippen LogP contribution in [0.3, 0.4) is 0 Å². The van der Waals surface area contributed by atoms with Crippen molar-refractivity contribution >= 4 is 62.3 Å². The number of thioether (sulfide) groups is 1. The molecule has 0 N–H and O–H groups in total. The van der Waals surface area contributed by atoms with Gasteiger partial charge in [-0.1, -0.05) is 71.4 Å². The fraction of sp³-hybridized carbons (Fsp3) is 0.269. The van der Waals surface area contributed by atoms with Crippen LogP contribution in [0.1, 0.15) is 35.4 Å². The molecule has 0 unspecified atom stereocenters. The summed E-state index contributed by atoms with van der Waals surface area (Å²) in [6.45, 7) is 5.05. The molecule has 0 spiro atoms. The van der Waals surface area contributed by atoms with Crippen molar-refractivity contribution in [3.05, 3.63) is 90.5 Å². The molecule has 0 fully saturated rings. The Bertz CT molecular complexity index is 1670. The van der Waals surface area contributed by atoms with Crippen molar-refractivity contribution in [2.45, 2.75) is 49.9 Å². The topological polar surface area (TPSA) is 61.4 Å². The van der Waals surface area contributed by atoms with Crippen LogP contribution in [-0.2, 0) is 30.1 Å². The fourth-order valence-electron chi connectivity index (χ4n) is 4.54. The third-order valence-electron chi connectivity index (χ3n) is 6.32. The summed E-state index contributed by atoms with van der Waals surface area (Å²) in [6.07, 6.45) is 0.683. The van der Waals surface area contributed by atoms with Crippen molar-refractivity contribution in [2.24, 2.45) is 0 Å². The number of aromatic nitrogens is 4. The van der Waals surface area contributed by atoms with E-state index in [-0.39, 0.29) is 11.2 Å². The first-order valence-electron chi connectivity index (χ1n) is 11.5. The average Bonchev–Trinajstić information content (AvgIpc) is 3.44. The van der Waals surface area contributed by atoms with Gasteiger partial charge in [-0.25, -0.2) is 4.40 Å². The Kier molecular flexibility index (Phi) is 6.13. The van der Waals surface area contributed by atoms with Crippen LogP contribution in [0, 0.1) is 0 Å². The molecule has 3 aromatic heterocycles. The lowest BCUT2D eigenvalue weighted by molar-refractivity contribution is -0.0379. The summed E-state index contributed by atoms with van der Waals surface area (Å²) in [5, 5.41) is 11.5. The number of rotatable bonds is 5. The predicted octanol–water partition coefficient (Wildman–Crippen LogP) is 6.60. The molecule has 4 heterocycles. The van der Waals surface area contributed by atoms with Gasteiger partial charge in [-0.05, 0) is 42.7 Å². The molecule has 1 aliphatic rings. The van der Waals surface area contributed by atoms with E-state index in [9.17, 15) is 4.79 Å². The van der Waals surface area contributed by atoms with Gasteiger partial charge in [0.2, 0.25) is 5.78 Å². The number of halogens is 2. The number of hydrogen-bond donors (Lipinski definition) is 0. The highest BCUT2D eigenvalue weighted by Gasteiger charge is 2.32. The first kappa shape index (κ1) is 24.0. The highest BCUT2D eigenvalue weighted by molar-refractivity contribution is 7.98. The summed E-state index contributed by atoms with van der Waals surface area (Å²) >= 11 is 15.5. The third kappa shape index (κ3) is 4.25. The van der Waals surface area contributed by atoms with Crippen molar-refractivity contribution in [1.29, 1.82) is 0 Å². The van der Waals surface area contributed by atoms with E-state index in [2.05, 4.69) is 24.0 Å². The summed E-state index contributed by atoms with van der Waals surface area (Å²) in [4.78, 5) is 15.9. The fourth-order valence-corrected chi connectivity index (χ4v) is 7.01. The standard InChI is InChI=1S/C26H22Cl2N4O2S2/c1-26(2)11-17-20(13-34-26)36-23-21(17)22(33)31(12-15-6-4-3-5-7-15)24-29-30-25(32(23)24)35-14-16-8-9-18(27)19(28)10-16/h3-10H,11-14H2,1-2H3. The Hall–Kier alpha value is -2.36. The SMILES string of the molecule is CC1(C)Cc2c(sc3c2c(=O)n(Cc2ccccc2)c2nnc(SCc4ccc(Cl)c(Cl)c4)n32)CO1. The monoisotopic (exact) mass is 556 g/mol. The molecule has 0 aliphatic carbocycles. The number of ether oxygens (including phenoxy) is 1. The summed E-state index contributed by atoms with van der Waals surface area (Å²) in [5.74, 6) is 1.17. The summed E-state index contributed by atoms with van der Waals surface area (Å²) in [6, 6.07) is 15.6. The molecule has 1 aliphatic heterocycles. The quantitative estimate of drug-likeness (QED) is 0.228. The third-order valence-corrected chi connectivity index (χ3v) is 9.25. The smallest absolute Gasteiger partial charge is 0.264 e. The minimum atomic E-state index is -0.328. The van der Waals surface area contributed by atoms with Crippen molar-refractivity contribution in [3.63, 3.8) is 0 Å². The van der Waals surface area contributed by atoms with Gasteiger partial charge in [0.25, 0.3) is 5.56 Å². The molecular weight excluding hydrogens is 535 g/mol. The van der Waals surface area contributed by atoms with Crippen LogP contribution in [0.25, 0.3) is 16.0 Å². The minimum Gasteiger partial charge on any atom is -0.370 e. The number of benzene rings is 2. The highest BCUT2D eigenvalue weighted by Crippen LogP contribution is 2.39. The Morgan fingerprint density at radius 3 is 2.67 bits per heavy atom. The lowest BCUT2D eigenvalue weighted by atomic mass is 9.94. The van der Waals surface area contributed by atoms with Gasteiger partial charge in [-0.2, -0.15) is 0 Å². The molecule has 0 radical (unpaired) electrons. The first-order valence-corrected chi connectivity index (χ1v) is 14.0. The predicted molar refractivity (Wildman–Crippen MR) is 147 cm³/mol. The van der Waals surface area contributed by atoms with Gasteiger partial charge >= 0.3 is 0 Å². The summed E-state index contributed by atoms with van der Waals surface area (Å²) < 4.78 is 9.83. The Labute approximate surface area is 225 Å². The van der Waals surface area contributed by atoms with Crippen molar-refractivity contribution in [3.8, 4) is 0 Å². The van der Waals surface area contributed by atoms with Crippen LogP contribution in [-0.4, -0.2) is 24.8 Å². The molecule has 0 amide bonds. The van der Waals surface area contributed by atoms with Crippen LogP contribution in [0.15, 0.2) is 58.5 Å². The van der Waals surface area contributed by atoms with E-state index in [1.54, 1.807) is 33.7 Å². The molecule has 6 nitrogen and oxygen atoms in total. The lowest BCUT2D eigenvalue weighted by Crippen LogP contribution is -2.32. The molecule has 36 heavy (non-hydrogen) atoms. The molecule has 0 bridgehead atoms. The highest BCUT2D eigenvalue weighted by atomic mass is 35.5. The van der Waals surface area contributed by atoms with Crippen molar-refractivity contribution in [1.82, 2.24) is 19.2 Å². The van der Waals surface area contributed by atoms with Crippen molar-refractivity contribution in [2.75, 3.05) is 0 Å². The molecule has 0 saturated heterocycles. The molecule has 5 aromatic rings. The number of hydrogen-bond acceptors (Lipinski definition) is 6. The van der Waals surface area contributed by atoms with Crippen LogP contribution >= 0.6 is 46.3 Å². The van der Waals surface area contributed by atoms with E-state index in [1.165, 1.54) is 0 Å². The summed E-state index contributed by atoms with van der Waals surface area (Å²) in [5.41, 5.74) is 2.77. The Morgan fingerprint density at radius 1 is 1.08 bits per heavy atom.